The van der Waals surface area contributed by atoms with Gasteiger partial charge in [0.1, 0.15) is 11.3 Å². The molecule has 3 aromatic carbocycles. The number of para-hydroxylation sites is 1. The number of hydrogen-bond acceptors (Lipinski definition) is 5. The largest absolute Gasteiger partial charge is 0.493 e. The molecule has 34 heavy (non-hydrogen) atoms. The van der Waals surface area contributed by atoms with Crippen LogP contribution in [0.25, 0.3) is 11.0 Å². The highest BCUT2D eigenvalue weighted by atomic mass is 79.9. The quantitative estimate of drug-likeness (QED) is 0.262. The molecule has 2 amide bonds. The molecule has 1 aromatic heterocycles. The zero-order valence-corrected chi connectivity index (χ0v) is 20.5. The van der Waals surface area contributed by atoms with Crippen LogP contribution in [0.1, 0.15) is 27.8 Å². The van der Waals surface area contributed by atoms with Gasteiger partial charge in [-0.05, 0) is 83.6 Å². The third-order valence-electron chi connectivity index (χ3n) is 4.75. The predicted octanol–water partition coefficient (Wildman–Crippen LogP) is 5.97. The number of carbonyl (C=O) groups excluding carboxylic acids is 2. The van der Waals surface area contributed by atoms with Gasteiger partial charge in [0.05, 0.1) is 11.1 Å². The number of halogens is 1. The van der Waals surface area contributed by atoms with Crippen molar-refractivity contribution < 1.29 is 18.7 Å². The second kappa shape index (κ2) is 10.5. The van der Waals surface area contributed by atoms with Crippen LogP contribution in [0.15, 0.2) is 81.7 Å². The highest BCUT2D eigenvalue weighted by Crippen LogP contribution is 2.26. The Kier molecular flexibility index (Phi) is 7.24. The van der Waals surface area contributed by atoms with E-state index in [9.17, 15) is 9.59 Å². The van der Waals surface area contributed by atoms with Crippen LogP contribution >= 0.6 is 28.1 Å². The van der Waals surface area contributed by atoms with Gasteiger partial charge in [-0.2, -0.15) is 0 Å². The second-order valence-electron chi connectivity index (χ2n) is 7.17. The van der Waals surface area contributed by atoms with Gasteiger partial charge in [-0.15, -0.1) is 0 Å². The lowest BCUT2D eigenvalue weighted by Gasteiger charge is -2.12. The number of benzene rings is 3. The number of nitrogens with one attached hydrogen (secondary N) is 3. The van der Waals surface area contributed by atoms with Crippen molar-refractivity contribution in [3.63, 3.8) is 0 Å². The third kappa shape index (κ3) is 5.62. The zero-order chi connectivity index (χ0) is 24.1. The summed E-state index contributed by atoms with van der Waals surface area (Å²) in [6, 6.07) is 21.1. The second-order valence-corrected chi connectivity index (χ2v) is 8.43. The average Bonchev–Trinajstić information content (AvgIpc) is 3.25. The van der Waals surface area contributed by atoms with Crippen LogP contribution in [0.2, 0.25) is 0 Å². The first kappa shape index (κ1) is 23.5. The van der Waals surface area contributed by atoms with E-state index < -0.39 is 0 Å². The summed E-state index contributed by atoms with van der Waals surface area (Å²) in [6.07, 6.45) is 0. The van der Waals surface area contributed by atoms with Gasteiger partial charge < -0.3 is 19.8 Å². The Morgan fingerprint density at radius 2 is 1.71 bits per heavy atom. The van der Waals surface area contributed by atoms with E-state index in [-0.39, 0.29) is 22.7 Å². The molecular formula is C25H20BrN3O4S. The van der Waals surface area contributed by atoms with E-state index in [2.05, 4.69) is 31.9 Å². The van der Waals surface area contributed by atoms with Crippen molar-refractivity contribution in [2.24, 2.45) is 0 Å². The molecule has 9 heteroatoms. The molecule has 0 radical (unpaired) electrons. The van der Waals surface area contributed by atoms with E-state index >= 15 is 0 Å². The minimum atomic E-state index is -0.370. The molecule has 0 aliphatic heterocycles. The van der Waals surface area contributed by atoms with Crippen LogP contribution < -0.4 is 20.7 Å². The lowest BCUT2D eigenvalue weighted by Crippen LogP contribution is -2.34. The van der Waals surface area contributed by atoms with Gasteiger partial charge in [0, 0.05) is 22.3 Å². The molecule has 0 spiro atoms. The van der Waals surface area contributed by atoms with Crippen LogP contribution in [-0.2, 0) is 0 Å². The van der Waals surface area contributed by atoms with Crippen molar-refractivity contribution in [1.29, 1.82) is 0 Å². The maximum Gasteiger partial charge on any atom is 0.291 e. The molecule has 0 bridgehead atoms. The zero-order valence-electron chi connectivity index (χ0n) is 18.1. The molecule has 3 N–H and O–H groups in total. The summed E-state index contributed by atoms with van der Waals surface area (Å²) < 4.78 is 11.7. The maximum absolute atomic E-state index is 12.6. The molecule has 0 aliphatic rings. The van der Waals surface area contributed by atoms with Gasteiger partial charge in [0.25, 0.3) is 11.8 Å². The normalized spacial score (nSPS) is 10.5. The fraction of sp³-hybridized carbons (Fsp3) is 0.0800. The number of anilines is 2. The molecule has 172 valence electrons. The van der Waals surface area contributed by atoms with Crippen LogP contribution in [0.5, 0.6) is 5.75 Å². The number of amides is 2. The molecule has 0 aliphatic carbocycles. The Balaban J connectivity index is 1.38. The van der Waals surface area contributed by atoms with Gasteiger partial charge in [-0.1, -0.05) is 24.3 Å². The summed E-state index contributed by atoms with van der Waals surface area (Å²) >= 11 is 8.67. The minimum Gasteiger partial charge on any atom is -0.493 e. The number of furan rings is 1. The molecule has 4 aromatic rings. The van der Waals surface area contributed by atoms with E-state index in [0.717, 1.165) is 5.39 Å². The Morgan fingerprint density at radius 3 is 2.44 bits per heavy atom. The van der Waals surface area contributed by atoms with Crippen LogP contribution in [0.4, 0.5) is 11.4 Å². The van der Waals surface area contributed by atoms with Gasteiger partial charge >= 0.3 is 0 Å². The van der Waals surface area contributed by atoms with E-state index in [1.807, 2.05) is 25.1 Å². The number of thiocarbonyl (C=S) groups is 1. The monoisotopic (exact) mass is 537 g/mol. The summed E-state index contributed by atoms with van der Waals surface area (Å²) in [5, 5.41) is 9.37. The van der Waals surface area contributed by atoms with E-state index in [0.29, 0.717) is 39.4 Å². The topological polar surface area (TPSA) is 92.6 Å². The summed E-state index contributed by atoms with van der Waals surface area (Å²) in [7, 11) is 0. The smallest absolute Gasteiger partial charge is 0.291 e. The SMILES string of the molecule is CCOc1ccc(C(=O)NC(=S)Nc2cccc(NC(=O)c3cc4ccccc4o3)c2)cc1Br. The fourth-order valence-electron chi connectivity index (χ4n) is 3.21. The summed E-state index contributed by atoms with van der Waals surface area (Å²) in [5.41, 5.74) is 2.20. The molecule has 0 saturated heterocycles. The van der Waals surface area contributed by atoms with E-state index in [1.165, 1.54) is 0 Å². The van der Waals surface area contributed by atoms with Crippen molar-refractivity contribution in [2.75, 3.05) is 17.2 Å². The average molecular weight is 538 g/mol. The third-order valence-corrected chi connectivity index (χ3v) is 5.57. The van der Waals surface area contributed by atoms with Crippen LogP contribution in [0.3, 0.4) is 0 Å². The predicted molar refractivity (Wildman–Crippen MR) is 140 cm³/mol. The summed E-state index contributed by atoms with van der Waals surface area (Å²) in [6.45, 7) is 2.41. The van der Waals surface area contributed by atoms with Gasteiger partial charge in [0.15, 0.2) is 10.9 Å². The standard InChI is InChI=1S/C25H20BrN3O4S/c1-2-32-21-11-10-16(12-19(21)26)23(30)29-25(34)28-18-8-5-7-17(14-18)27-24(31)22-13-15-6-3-4-9-20(15)33-22/h3-14H,2H2,1H3,(H,27,31)(H2,28,29,30,34). The maximum atomic E-state index is 12.6. The van der Waals surface area contributed by atoms with Gasteiger partial charge in [0.2, 0.25) is 0 Å². The summed E-state index contributed by atoms with van der Waals surface area (Å²) in [5.74, 6) is 0.131. The first-order chi connectivity index (χ1) is 16.4. The van der Waals surface area contributed by atoms with Crippen molar-refractivity contribution >= 4 is 67.4 Å². The number of fused-ring (bicyclic) bond motifs is 1. The lowest BCUT2D eigenvalue weighted by atomic mass is 10.2. The number of rotatable bonds is 6. The van der Waals surface area contributed by atoms with Gasteiger partial charge in [-0.25, -0.2) is 0 Å². The molecule has 0 saturated carbocycles. The lowest BCUT2D eigenvalue weighted by molar-refractivity contribution is 0.0975. The Hall–Kier alpha value is -3.69. The molecule has 0 fully saturated rings. The van der Waals surface area contributed by atoms with Crippen molar-refractivity contribution in [2.45, 2.75) is 6.92 Å². The van der Waals surface area contributed by atoms with Crippen LogP contribution in [0, 0.1) is 0 Å². The highest BCUT2D eigenvalue weighted by Gasteiger charge is 2.14. The summed E-state index contributed by atoms with van der Waals surface area (Å²) in [4.78, 5) is 25.1. The molecule has 0 unspecified atom stereocenters. The molecule has 0 atom stereocenters. The van der Waals surface area contributed by atoms with Crippen molar-refractivity contribution in [1.82, 2.24) is 5.32 Å². The van der Waals surface area contributed by atoms with E-state index in [4.69, 9.17) is 21.4 Å². The fourth-order valence-corrected chi connectivity index (χ4v) is 3.92. The Bertz CT molecular complexity index is 1350. The Labute approximate surface area is 209 Å². The molecule has 4 rings (SSSR count). The number of hydrogen-bond donors (Lipinski definition) is 3. The molecule has 7 nitrogen and oxygen atoms in total. The van der Waals surface area contributed by atoms with E-state index in [1.54, 1.807) is 54.6 Å². The number of carbonyl (C=O) groups is 2. The highest BCUT2D eigenvalue weighted by molar-refractivity contribution is 9.10. The molecular weight excluding hydrogens is 518 g/mol. The van der Waals surface area contributed by atoms with Gasteiger partial charge in [-0.3, -0.25) is 14.9 Å². The first-order valence-electron chi connectivity index (χ1n) is 10.4. The first-order valence-corrected chi connectivity index (χ1v) is 11.6. The molecule has 1 heterocycles. The van der Waals surface area contributed by atoms with Crippen molar-refractivity contribution in [3.8, 4) is 5.75 Å². The number of ether oxygens (including phenoxy) is 1. The minimum absolute atomic E-state index is 0.121. The Morgan fingerprint density at radius 1 is 0.941 bits per heavy atom. The van der Waals surface area contributed by atoms with Crippen molar-refractivity contribution in [3.05, 3.63) is 88.6 Å². The van der Waals surface area contributed by atoms with Crippen LogP contribution in [-0.4, -0.2) is 23.5 Å².